The molecule has 1 aliphatic heterocycles. The normalized spacial score (nSPS) is 17.8. The lowest BCUT2D eigenvalue weighted by Gasteiger charge is -2.28. The predicted molar refractivity (Wildman–Crippen MR) is 141 cm³/mol. The van der Waals surface area contributed by atoms with Crippen LogP contribution in [-0.2, 0) is 0 Å². The van der Waals surface area contributed by atoms with Crippen LogP contribution in [0.25, 0.3) is 5.69 Å². The summed E-state index contributed by atoms with van der Waals surface area (Å²) in [5, 5.41) is 15.5. The second-order valence-corrected chi connectivity index (χ2v) is 9.33. The molecule has 0 bridgehead atoms. The van der Waals surface area contributed by atoms with E-state index in [0.717, 1.165) is 38.9 Å². The number of nitrogens with one attached hydrogen (secondary N) is 1. The maximum absolute atomic E-state index is 10.7. The van der Waals surface area contributed by atoms with Crippen LogP contribution in [0.4, 0.5) is 5.69 Å². The van der Waals surface area contributed by atoms with Crippen molar-refractivity contribution in [3.05, 3.63) is 106 Å². The van der Waals surface area contributed by atoms with Gasteiger partial charge in [-0.1, -0.05) is 35.9 Å². The van der Waals surface area contributed by atoms with Crippen LogP contribution in [0.3, 0.4) is 0 Å². The van der Waals surface area contributed by atoms with Crippen LogP contribution in [0.15, 0.2) is 72.9 Å². The van der Waals surface area contributed by atoms with Crippen molar-refractivity contribution in [1.29, 1.82) is 0 Å². The van der Waals surface area contributed by atoms with Crippen molar-refractivity contribution < 1.29 is 5.11 Å². The van der Waals surface area contributed by atoms with Crippen LogP contribution in [0.1, 0.15) is 40.3 Å². The number of phenolic OH excluding ortho intramolecular Hbond substituents is 1. The number of para-hydroxylation sites is 2. The van der Waals surface area contributed by atoms with E-state index in [1.54, 1.807) is 12.3 Å². The summed E-state index contributed by atoms with van der Waals surface area (Å²) in [6.45, 7) is 6.24. The standard InChI is InChI=1S/C27H25ClN4OS/c1-16-15-19(18(3)31(16)22-12-8-9-20(28)17(22)2)26-25(21-10-6-7-14-29-21)30-27(34)32(26)23-11-4-5-13-24(23)33/h4-15,25-26,33H,1-3H3,(H,30,34)/t25-,26+/m1/s1. The molecule has 0 saturated carbocycles. The zero-order valence-corrected chi connectivity index (χ0v) is 20.7. The van der Waals surface area contributed by atoms with Crippen LogP contribution in [0, 0.1) is 20.8 Å². The molecule has 1 aliphatic rings. The van der Waals surface area contributed by atoms with Crippen LogP contribution in [0.5, 0.6) is 5.75 Å². The summed E-state index contributed by atoms with van der Waals surface area (Å²) in [4.78, 5) is 6.63. The highest BCUT2D eigenvalue weighted by Gasteiger charge is 2.43. The van der Waals surface area contributed by atoms with Gasteiger partial charge < -0.3 is 19.9 Å². The van der Waals surface area contributed by atoms with Crippen molar-refractivity contribution in [2.24, 2.45) is 0 Å². The molecule has 2 atom stereocenters. The van der Waals surface area contributed by atoms with E-state index in [1.807, 2.05) is 60.4 Å². The number of aryl methyl sites for hydroxylation is 1. The number of hydrogen-bond acceptors (Lipinski definition) is 3. The quantitative estimate of drug-likeness (QED) is 0.328. The molecule has 0 radical (unpaired) electrons. The monoisotopic (exact) mass is 488 g/mol. The Labute approximate surface area is 209 Å². The van der Waals surface area contributed by atoms with E-state index in [0.29, 0.717) is 10.8 Å². The molecule has 0 spiro atoms. The number of anilines is 1. The minimum absolute atomic E-state index is 0.179. The molecule has 0 aliphatic carbocycles. The third-order valence-corrected chi connectivity index (χ3v) is 7.23. The lowest BCUT2D eigenvalue weighted by molar-refractivity contribution is 0.472. The topological polar surface area (TPSA) is 53.3 Å². The Morgan fingerprint density at radius 2 is 1.71 bits per heavy atom. The van der Waals surface area contributed by atoms with Gasteiger partial charge in [0.1, 0.15) is 5.75 Å². The Hall–Kier alpha value is -3.35. The number of rotatable bonds is 4. The number of halogens is 1. The summed E-state index contributed by atoms with van der Waals surface area (Å²) in [5.74, 6) is 0.179. The lowest BCUT2D eigenvalue weighted by Crippen LogP contribution is -2.29. The molecule has 1 saturated heterocycles. The van der Waals surface area contributed by atoms with Gasteiger partial charge >= 0.3 is 0 Å². The van der Waals surface area contributed by atoms with Crippen LogP contribution in [0.2, 0.25) is 5.02 Å². The number of thiocarbonyl (C=S) groups is 1. The van der Waals surface area contributed by atoms with Gasteiger partial charge in [-0.15, -0.1) is 0 Å². The van der Waals surface area contributed by atoms with Crippen LogP contribution in [-0.4, -0.2) is 19.8 Å². The van der Waals surface area contributed by atoms with Crippen molar-refractivity contribution in [1.82, 2.24) is 14.9 Å². The van der Waals surface area contributed by atoms with Gasteiger partial charge in [-0.25, -0.2) is 0 Å². The summed E-state index contributed by atoms with van der Waals surface area (Å²) in [7, 11) is 0. The molecular weight excluding hydrogens is 464 g/mol. The van der Waals surface area contributed by atoms with Crippen LogP contribution < -0.4 is 10.2 Å². The molecule has 0 amide bonds. The van der Waals surface area contributed by atoms with Gasteiger partial charge in [0.25, 0.3) is 0 Å². The smallest absolute Gasteiger partial charge is 0.174 e. The van der Waals surface area contributed by atoms with E-state index in [4.69, 9.17) is 23.8 Å². The minimum atomic E-state index is -0.213. The fourth-order valence-electron chi connectivity index (χ4n) is 4.89. The van der Waals surface area contributed by atoms with Gasteiger partial charge in [-0.3, -0.25) is 4.98 Å². The van der Waals surface area contributed by atoms with Gasteiger partial charge in [0.15, 0.2) is 5.11 Å². The Kier molecular flexibility index (Phi) is 5.80. The zero-order valence-electron chi connectivity index (χ0n) is 19.2. The molecule has 5 nitrogen and oxygen atoms in total. The number of nitrogens with zero attached hydrogens (tertiary/aromatic N) is 3. The maximum atomic E-state index is 10.7. The molecular formula is C27H25ClN4OS. The first-order chi connectivity index (χ1) is 16.4. The van der Waals surface area contributed by atoms with E-state index in [9.17, 15) is 5.11 Å². The first kappa shape index (κ1) is 22.4. The largest absolute Gasteiger partial charge is 0.506 e. The maximum Gasteiger partial charge on any atom is 0.174 e. The van der Waals surface area contributed by atoms with Crippen molar-refractivity contribution in [2.75, 3.05) is 4.90 Å². The molecule has 3 heterocycles. The predicted octanol–water partition coefficient (Wildman–Crippen LogP) is 6.33. The molecule has 2 aromatic heterocycles. The van der Waals surface area contributed by atoms with E-state index >= 15 is 0 Å². The SMILES string of the molecule is Cc1c(Cl)cccc1-n1c(C)cc([C@H]2[C@@H](c3ccccn3)NC(=S)N2c2ccccc2O)c1C. The first-order valence-electron chi connectivity index (χ1n) is 11.1. The van der Waals surface area contributed by atoms with Gasteiger partial charge in [-0.05, 0) is 86.6 Å². The van der Waals surface area contributed by atoms with Crippen molar-refractivity contribution in [2.45, 2.75) is 32.9 Å². The second kappa shape index (κ2) is 8.78. The molecule has 2 N–H and O–H groups in total. The highest BCUT2D eigenvalue weighted by Crippen LogP contribution is 2.46. The Balaban J connectivity index is 1.72. The van der Waals surface area contributed by atoms with E-state index in [-0.39, 0.29) is 17.8 Å². The molecule has 172 valence electrons. The van der Waals surface area contributed by atoms with Gasteiger partial charge in [0.2, 0.25) is 0 Å². The first-order valence-corrected chi connectivity index (χ1v) is 11.9. The lowest BCUT2D eigenvalue weighted by atomic mass is 9.96. The molecule has 34 heavy (non-hydrogen) atoms. The number of aromatic hydroxyl groups is 1. The minimum Gasteiger partial charge on any atom is -0.506 e. The van der Waals surface area contributed by atoms with Gasteiger partial charge in [-0.2, -0.15) is 0 Å². The molecule has 1 fully saturated rings. The molecule has 4 aromatic rings. The van der Waals surface area contributed by atoms with E-state index < -0.39 is 0 Å². The number of phenols is 1. The summed E-state index contributed by atoms with van der Waals surface area (Å²) in [6.07, 6.45) is 1.79. The van der Waals surface area contributed by atoms with Crippen molar-refractivity contribution in [3.63, 3.8) is 0 Å². The number of pyridine rings is 1. The molecule has 2 aromatic carbocycles. The summed E-state index contributed by atoms with van der Waals surface area (Å²) in [5.41, 5.74) is 6.89. The summed E-state index contributed by atoms with van der Waals surface area (Å²) >= 11 is 12.3. The number of benzene rings is 2. The van der Waals surface area contributed by atoms with Crippen molar-refractivity contribution in [3.8, 4) is 11.4 Å². The average Bonchev–Trinajstić information content (AvgIpc) is 3.32. The highest BCUT2D eigenvalue weighted by molar-refractivity contribution is 7.80. The van der Waals surface area contributed by atoms with E-state index in [2.05, 4.69) is 40.8 Å². The fraction of sp³-hybridized carbons (Fsp3) is 0.185. The average molecular weight is 489 g/mol. The van der Waals surface area contributed by atoms with Gasteiger partial charge in [0, 0.05) is 28.3 Å². The third-order valence-electron chi connectivity index (χ3n) is 6.51. The highest BCUT2D eigenvalue weighted by atomic mass is 35.5. The van der Waals surface area contributed by atoms with E-state index in [1.165, 1.54) is 0 Å². The molecule has 0 unspecified atom stereocenters. The Morgan fingerprint density at radius 3 is 2.44 bits per heavy atom. The second-order valence-electron chi connectivity index (χ2n) is 8.53. The fourth-order valence-corrected chi connectivity index (χ4v) is 5.40. The Morgan fingerprint density at radius 1 is 0.971 bits per heavy atom. The zero-order chi connectivity index (χ0) is 24.0. The summed E-state index contributed by atoms with van der Waals surface area (Å²) in [6, 6.07) is 20.9. The molecule has 5 rings (SSSR count). The number of aromatic nitrogens is 2. The number of hydrogen-bond donors (Lipinski definition) is 2. The van der Waals surface area contributed by atoms with Crippen LogP contribution >= 0.6 is 23.8 Å². The Bertz CT molecular complexity index is 1380. The van der Waals surface area contributed by atoms with Gasteiger partial charge in [0.05, 0.1) is 23.5 Å². The third kappa shape index (κ3) is 3.63. The molecule has 7 heteroatoms. The van der Waals surface area contributed by atoms with Crippen molar-refractivity contribution >= 4 is 34.6 Å². The summed E-state index contributed by atoms with van der Waals surface area (Å²) < 4.78 is 2.23.